The lowest BCUT2D eigenvalue weighted by molar-refractivity contribution is -0.125. The molecule has 2 rings (SSSR count). The van der Waals surface area contributed by atoms with E-state index < -0.39 is 0 Å². The van der Waals surface area contributed by atoms with Gasteiger partial charge in [-0.05, 0) is 19.0 Å². The topological polar surface area (TPSA) is 63.5 Å². The van der Waals surface area contributed by atoms with E-state index in [-0.39, 0.29) is 17.9 Å². The van der Waals surface area contributed by atoms with Crippen LogP contribution in [0.5, 0.6) is 0 Å². The molecule has 1 aliphatic heterocycles. The number of furan rings is 1. The molecule has 0 bridgehead atoms. The van der Waals surface area contributed by atoms with E-state index in [1.807, 2.05) is 6.07 Å². The molecule has 2 N–H and O–H groups in total. The third kappa shape index (κ3) is 3.34. The maximum Gasteiger partial charge on any atom is 0.227 e. The molecule has 2 atom stereocenters. The van der Waals surface area contributed by atoms with Gasteiger partial charge in [0.15, 0.2) is 0 Å². The van der Waals surface area contributed by atoms with E-state index in [0.717, 1.165) is 18.5 Å². The molecule has 0 spiro atoms. The molecule has 100 valence electrons. The maximum absolute atomic E-state index is 12.1. The van der Waals surface area contributed by atoms with E-state index in [9.17, 15) is 4.79 Å². The first kappa shape index (κ1) is 13.1. The largest absolute Gasteiger partial charge is 0.472 e. The quantitative estimate of drug-likeness (QED) is 0.790. The summed E-state index contributed by atoms with van der Waals surface area (Å²) >= 11 is 0. The minimum absolute atomic E-state index is 0.0438. The van der Waals surface area contributed by atoms with Crippen molar-refractivity contribution in [2.75, 3.05) is 19.8 Å². The number of hydrogen-bond acceptors (Lipinski definition) is 4. The van der Waals surface area contributed by atoms with E-state index in [1.165, 1.54) is 0 Å². The predicted octanol–water partition coefficient (Wildman–Crippen LogP) is 0.910. The Balaban J connectivity index is 1.80. The second-order valence-corrected chi connectivity index (χ2v) is 4.55. The molecule has 1 saturated heterocycles. The second kappa shape index (κ2) is 6.56. The molecule has 1 aliphatic rings. The molecular formula is C13H20N2O3. The van der Waals surface area contributed by atoms with E-state index in [0.29, 0.717) is 19.8 Å². The third-order valence-corrected chi connectivity index (χ3v) is 3.12. The van der Waals surface area contributed by atoms with Crippen LogP contribution in [-0.4, -0.2) is 31.7 Å². The Kier molecular flexibility index (Phi) is 4.78. The molecule has 0 aromatic carbocycles. The van der Waals surface area contributed by atoms with Gasteiger partial charge in [-0.3, -0.25) is 4.79 Å². The van der Waals surface area contributed by atoms with Gasteiger partial charge in [0, 0.05) is 18.2 Å². The molecule has 1 aromatic heterocycles. The van der Waals surface area contributed by atoms with Crippen molar-refractivity contribution in [1.82, 2.24) is 10.6 Å². The number of carbonyl (C=O) groups is 1. The summed E-state index contributed by atoms with van der Waals surface area (Å²) in [4.78, 5) is 12.1. The van der Waals surface area contributed by atoms with E-state index >= 15 is 0 Å². The molecule has 0 saturated carbocycles. The molecule has 1 amide bonds. The average molecular weight is 252 g/mol. The summed E-state index contributed by atoms with van der Waals surface area (Å²) < 4.78 is 10.3. The lowest BCUT2D eigenvalue weighted by Gasteiger charge is -2.18. The van der Waals surface area contributed by atoms with Gasteiger partial charge < -0.3 is 19.8 Å². The van der Waals surface area contributed by atoms with Crippen molar-refractivity contribution in [3.8, 4) is 0 Å². The van der Waals surface area contributed by atoms with Crippen LogP contribution in [0.15, 0.2) is 23.0 Å². The fourth-order valence-corrected chi connectivity index (χ4v) is 2.06. The van der Waals surface area contributed by atoms with Crippen LogP contribution < -0.4 is 10.6 Å². The lowest BCUT2D eigenvalue weighted by Crippen LogP contribution is -2.44. The van der Waals surface area contributed by atoms with E-state index in [1.54, 1.807) is 12.5 Å². The van der Waals surface area contributed by atoms with Crippen LogP contribution in [0.2, 0.25) is 0 Å². The highest BCUT2D eigenvalue weighted by molar-refractivity contribution is 5.79. The van der Waals surface area contributed by atoms with Gasteiger partial charge in [0.1, 0.15) is 0 Å². The van der Waals surface area contributed by atoms with Gasteiger partial charge in [0.2, 0.25) is 5.91 Å². The Bertz CT molecular complexity index is 364. The van der Waals surface area contributed by atoms with Crippen molar-refractivity contribution in [3.63, 3.8) is 0 Å². The summed E-state index contributed by atoms with van der Waals surface area (Å²) in [6.07, 6.45) is 4.30. The average Bonchev–Trinajstić information content (AvgIpc) is 3.04. The van der Waals surface area contributed by atoms with Gasteiger partial charge in [-0.1, -0.05) is 6.92 Å². The first-order valence-corrected chi connectivity index (χ1v) is 6.41. The van der Waals surface area contributed by atoms with Crippen LogP contribution in [0.1, 0.15) is 18.9 Å². The standard InChI is InChI=1S/C13H20N2O3/c1-2-4-14-12-9-18-8-11(12)13(16)15-6-10-3-5-17-7-10/h3,5,7,11-12,14H,2,4,6,8-9H2,1H3,(H,15,16). The number of amides is 1. The summed E-state index contributed by atoms with van der Waals surface area (Å²) in [6.45, 7) is 4.64. The van der Waals surface area contributed by atoms with Gasteiger partial charge in [-0.2, -0.15) is 0 Å². The van der Waals surface area contributed by atoms with Crippen LogP contribution in [0.4, 0.5) is 0 Å². The van der Waals surface area contributed by atoms with E-state index in [4.69, 9.17) is 9.15 Å². The van der Waals surface area contributed by atoms with Crippen LogP contribution >= 0.6 is 0 Å². The molecule has 1 fully saturated rings. The maximum atomic E-state index is 12.1. The Hall–Kier alpha value is -1.33. The molecule has 18 heavy (non-hydrogen) atoms. The number of rotatable bonds is 6. The molecule has 1 aromatic rings. The van der Waals surface area contributed by atoms with Crippen molar-refractivity contribution in [2.45, 2.75) is 25.9 Å². The summed E-state index contributed by atoms with van der Waals surface area (Å²) in [6, 6.07) is 1.98. The zero-order valence-corrected chi connectivity index (χ0v) is 10.6. The molecule has 5 heteroatoms. The third-order valence-electron chi connectivity index (χ3n) is 3.12. The summed E-state index contributed by atoms with van der Waals surface area (Å²) in [7, 11) is 0. The van der Waals surface area contributed by atoms with Crippen LogP contribution in [0.25, 0.3) is 0 Å². The van der Waals surface area contributed by atoms with Crippen molar-refractivity contribution in [2.24, 2.45) is 5.92 Å². The highest BCUT2D eigenvalue weighted by Gasteiger charge is 2.33. The lowest BCUT2D eigenvalue weighted by atomic mass is 10.0. The van der Waals surface area contributed by atoms with Crippen molar-refractivity contribution in [3.05, 3.63) is 24.2 Å². The van der Waals surface area contributed by atoms with Gasteiger partial charge in [-0.25, -0.2) is 0 Å². The molecule has 2 unspecified atom stereocenters. The molecule has 2 heterocycles. The fraction of sp³-hybridized carbons (Fsp3) is 0.615. The fourth-order valence-electron chi connectivity index (χ4n) is 2.06. The Morgan fingerprint density at radius 2 is 2.39 bits per heavy atom. The predicted molar refractivity (Wildman–Crippen MR) is 66.9 cm³/mol. The molecule has 5 nitrogen and oxygen atoms in total. The number of carbonyl (C=O) groups excluding carboxylic acids is 1. The Morgan fingerprint density at radius 1 is 1.50 bits per heavy atom. The number of ether oxygens (including phenoxy) is 1. The van der Waals surface area contributed by atoms with Gasteiger partial charge >= 0.3 is 0 Å². The first-order valence-electron chi connectivity index (χ1n) is 6.41. The Labute approximate surface area is 107 Å². The minimum atomic E-state index is -0.0940. The first-order chi connectivity index (χ1) is 8.81. The van der Waals surface area contributed by atoms with Gasteiger partial charge in [-0.15, -0.1) is 0 Å². The SMILES string of the molecule is CCCNC1COCC1C(=O)NCc1ccoc1. The minimum Gasteiger partial charge on any atom is -0.472 e. The summed E-state index contributed by atoms with van der Waals surface area (Å²) in [5.74, 6) is -0.0502. The van der Waals surface area contributed by atoms with Gasteiger partial charge in [0.25, 0.3) is 0 Å². The van der Waals surface area contributed by atoms with Crippen LogP contribution in [-0.2, 0) is 16.1 Å². The van der Waals surface area contributed by atoms with E-state index in [2.05, 4.69) is 17.6 Å². The van der Waals surface area contributed by atoms with Crippen LogP contribution in [0.3, 0.4) is 0 Å². The zero-order valence-electron chi connectivity index (χ0n) is 10.6. The number of nitrogens with one attached hydrogen (secondary N) is 2. The highest BCUT2D eigenvalue weighted by Crippen LogP contribution is 2.14. The number of hydrogen-bond donors (Lipinski definition) is 2. The van der Waals surface area contributed by atoms with Gasteiger partial charge in [0.05, 0.1) is 31.7 Å². The zero-order chi connectivity index (χ0) is 12.8. The summed E-state index contributed by atoms with van der Waals surface area (Å²) in [5, 5.41) is 6.27. The van der Waals surface area contributed by atoms with Crippen molar-refractivity contribution in [1.29, 1.82) is 0 Å². The monoisotopic (exact) mass is 252 g/mol. The normalized spacial score (nSPS) is 23.2. The molecular weight excluding hydrogens is 232 g/mol. The van der Waals surface area contributed by atoms with Crippen molar-refractivity contribution >= 4 is 5.91 Å². The second-order valence-electron chi connectivity index (χ2n) is 4.55. The summed E-state index contributed by atoms with van der Waals surface area (Å²) in [5.41, 5.74) is 0.973. The molecule has 0 aliphatic carbocycles. The van der Waals surface area contributed by atoms with Crippen molar-refractivity contribution < 1.29 is 13.9 Å². The molecule has 0 radical (unpaired) electrons. The highest BCUT2D eigenvalue weighted by atomic mass is 16.5. The smallest absolute Gasteiger partial charge is 0.227 e. The van der Waals surface area contributed by atoms with Crippen LogP contribution in [0, 0.1) is 5.92 Å². The Morgan fingerprint density at radius 3 is 3.11 bits per heavy atom.